The van der Waals surface area contributed by atoms with Gasteiger partial charge < -0.3 is 19.1 Å². The Hall–Kier alpha value is -3.40. The lowest BCUT2D eigenvalue weighted by Crippen LogP contribution is -2.20. The van der Waals surface area contributed by atoms with E-state index in [1.54, 1.807) is 13.0 Å². The molecule has 2 aromatic heterocycles. The van der Waals surface area contributed by atoms with Gasteiger partial charge in [-0.25, -0.2) is 4.79 Å². The van der Waals surface area contributed by atoms with Crippen LogP contribution in [0, 0.1) is 11.7 Å². The predicted octanol–water partition coefficient (Wildman–Crippen LogP) is 4.32. The molecule has 0 aliphatic heterocycles. The molecule has 0 aliphatic rings. The van der Waals surface area contributed by atoms with Crippen molar-refractivity contribution in [2.75, 3.05) is 13.7 Å². The SMILES string of the molecule is CCOC(=O)c1c(C)n(C)c2ccc(OC)c(N=Cc3c(O)n([C@H](C)CC)c(=S)[nH]c3=O)c12. The summed E-state index contributed by atoms with van der Waals surface area (Å²) in [6, 6.07) is 3.43. The average Bonchev–Trinajstić information content (AvgIpc) is 3.03. The number of nitrogens with one attached hydrogen (secondary N) is 1. The van der Waals surface area contributed by atoms with Crippen LogP contribution in [0.1, 0.15) is 54.8 Å². The Morgan fingerprint density at radius 3 is 2.67 bits per heavy atom. The van der Waals surface area contributed by atoms with E-state index in [-0.39, 0.29) is 28.9 Å². The normalized spacial score (nSPS) is 12.4. The monoisotopic (exact) mass is 472 g/mol. The number of nitrogens with zero attached hydrogens (tertiary/aromatic N) is 3. The Bertz CT molecular complexity index is 1370. The van der Waals surface area contributed by atoms with Crippen LogP contribution in [0.15, 0.2) is 21.9 Å². The van der Waals surface area contributed by atoms with Crippen LogP contribution in [0.25, 0.3) is 10.9 Å². The Morgan fingerprint density at radius 1 is 1.36 bits per heavy atom. The number of esters is 1. The van der Waals surface area contributed by atoms with E-state index in [9.17, 15) is 14.7 Å². The van der Waals surface area contributed by atoms with Gasteiger partial charge in [0.2, 0.25) is 5.88 Å². The van der Waals surface area contributed by atoms with Gasteiger partial charge in [0.25, 0.3) is 5.56 Å². The lowest BCUT2D eigenvalue weighted by molar-refractivity contribution is 0.0527. The summed E-state index contributed by atoms with van der Waals surface area (Å²) in [6.07, 6.45) is 1.96. The molecule has 1 atom stereocenters. The van der Waals surface area contributed by atoms with E-state index in [2.05, 4.69) is 9.98 Å². The van der Waals surface area contributed by atoms with Crippen LogP contribution in [0.5, 0.6) is 11.6 Å². The zero-order valence-corrected chi connectivity index (χ0v) is 20.4. The first-order valence-corrected chi connectivity index (χ1v) is 11.0. The van der Waals surface area contributed by atoms with Crippen molar-refractivity contribution in [2.24, 2.45) is 12.0 Å². The van der Waals surface area contributed by atoms with E-state index in [0.29, 0.717) is 34.5 Å². The number of rotatable bonds is 7. The van der Waals surface area contributed by atoms with Crippen molar-refractivity contribution in [1.29, 1.82) is 0 Å². The van der Waals surface area contributed by atoms with Gasteiger partial charge >= 0.3 is 5.97 Å². The van der Waals surface area contributed by atoms with Crippen LogP contribution in [0.4, 0.5) is 5.69 Å². The largest absolute Gasteiger partial charge is 0.494 e. The third-order valence-corrected chi connectivity index (χ3v) is 6.10. The molecule has 3 aromatic rings. The number of fused-ring (bicyclic) bond motifs is 1. The van der Waals surface area contributed by atoms with E-state index in [1.165, 1.54) is 17.9 Å². The van der Waals surface area contributed by atoms with Crippen LogP contribution in [-0.4, -0.2) is 45.1 Å². The van der Waals surface area contributed by atoms with Crippen molar-refractivity contribution in [2.45, 2.75) is 40.2 Å². The summed E-state index contributed by atoms with van der Waals surface area (Å²) < 4.78 is 14.3. The van der Waals surface area contributed by atoms with Gasteiger partial charge in [-0.15, -0.1) is 0 Å². The highest BCUT2D eigenvalue weighted by atomic mass is 32.1. The summed E-state index contributed by atoms with van der Waals surface area (Å²) in [5.41, 5.74) is 1.55. The molecule has 0 unspecified atom stereocenters. The van der Waals surface area contributed by atoms with Crippen LogP contribution in [-0.2, 0) is 11.8 Å². The van der Waals surface area contributed by atoms with Crippen LogP contribution >= 0.6 is 12.2 Å². The van der Waals surface area contributed by atoms with E-state index in [1.807, 2.05) is 38.5 Å². The zero-order chi connectivity index (χ0) is 24.4. The molecule has 9 nitrogen and oxygen atoms in total. The van der Waals surface area contributed by atoms with Gasteiger partial charge in [0.15, 0.2) is 4.77 Å². The van der Waals surface area contributed by atoms with Gasteiger partial charge in [-0.05, 0) is 51.5 Å². The van der Waals surface area contributed by atoms with Crippen molar-refractivity contribution in [1.82, 2.24) is 14.1 Å². The predicted molar refractivity (Wildman–Crippen MR) is 130 cm³/mol. The summed E-state index contributed by atoms with van der Waals surface area (Å²) in [7, 11) is 3.33. The molecule has 0 radical (unpaired) electrons. The van der Waals surface area contributed by atoms with E-state index in [4.69, 9.17) is 21.7 Å². The molecule has 10 heteroatoms. The molecule has 0 spiro atoms. The van der Waals surface area contributed by atoms with Gasteiger partial charge in [0.05, 0.1) is 24.8 Å². The minimum absolute atomic E-state index is 0.0479. The number of aromatic nitrogens is 3. The molecule has 2 N–H and O–H groups in total. The van der Waals surface area contributed by atoms with Crippen molar-refractivity contribution >= 4 is 41.0 Å². The summed E-state index contributed by atoms with van der Waals surface area (Å²) in [5, 5.41) is 11.3. The molecular weight excluding hydrogens is 444 g/mol. The Labute approximate surface area is 196 Å². The van der Waals surface area contributed by atoms with Crippen molar-refractivity contribution < 1.29 is 19.4 Å². The average molecular weight is 473 g/mol. The number of aliphatic imine (C=N–C) groups is 1. The lowest BCUT2D eigenvalue weighted by atomic mass is 10.1. The summed E-state index contributed by atoms with van der Waals surface area (Å²) >= 11 is 5.23. The molecule has 2 heterocycles. The van der Waals surface area contributed by atoms with Crippen LogP contribution in [0.2, 0.25) is 0 Å². The first-order chi connectivity index (χ1) is 15.7. The molecule has 33 heavy (non-hydrogen) atoms. The fourth-order valence-corrected chi connectivity index (χ4v) is 4.11. The highest BCUT2D eigenvalue weighted by molar-refractivity contribution is 7.71. The summed E-state index contributed by atoms with van der Waals surface area (Å²) in [5.74, 6) is -0.348. The van der Waals surface area contributed by atoms with Gasteiger partial charge in [0.1, 0.15) is 17.0 Å². The number of methoxy groups -OCH3 is 1. The standard InChI is InChI=1S/C23H28N4O5S/c1-7-12(3)27-21(29)14(20(28)25-23(27)33)11-24-19-16(31-6)10-9-15-18(19)17(13(4)26(15)5)22(30)32-8-2/h9-12,29H,7-8H2,1-6H3,(H,25,28,33)/t12-/m1/s1. The maximum absolute atomic E-state index is 12.8. The smallest absolute Gasteiger partial charge is 0.340 e. The van der Waals surface area contributed by atoms with Crippen LogP contribution < -0.4 is 10.3 Å². The number of hydrogen-bond acceptors (Lipinski definition) is 7. The summed E-state index contributed by atoms with van der Waals surface area (Å²) in [4.78, 5) is 32.5. The van der Waals surface area contributed by atoms with E-state index >= 15 is 0 Å². The molecule has 1 aromatic carbocycles. The lowest BCUT2D eigenvalue weighted by Gasteiger charge is -2.16. The van der Waals surface area contributed by atoms with Gasteiger partial charge in [-0.2, -0.15) is 0 Å². The Morgan fingerprint density at radius 2 is 2.06 bits per heavy atom. The maximum Gasteiger partial charge on any atom is 0.340 e. The Kier molecular flexibility index (Phi) is 7.06. The first-order valence-electron chi connectivity index (χ1n) is 10.6. The van der Waals surface area contributed by atoms with Gasteiger partial charge in [-0.3, -0.25) is 19.3 Å². The molecule has 0 fully saturated rings. The summed E-state index contributed by atoms with van der Waals surface area (Å²) in [6.45, 7) is 7.62. The van der Waals surface area contributed by atoms with Gasteiger partial charge in [-0.1, -0.05) is 6.92 Å². The first kappa shape index (κ1) is 24.2. The minimum atomic E-state index is -0.568. The fourth-order valence-electron chi connectivity index (χ4n) is 3.75. The van der Waals surface area contributed by atoms with Gasteiger partial charge in [0, 0.05) is 30.4 Å². The quantitative estimate of drug-likeness (QED) is 0.301. The highest BCUT2D eigenvalue weighted by Gasteiger charge is 2.24. The van der Waals surface area contributed by atoms with E-state index < -0.39 is 11.5 Å². The topological polar surface area (TPSA) is 111 Å². The molecule has 0 saturated heterocycles. The number of aryl methyl sites for hydroxylation is 1. The molecule has 0 saturated carbocycles. The molecular formula is C23H28N4O5S. The van der Waals surface area contributed by atoms with E-state index in [0.717, 1.165) is 5.52 Å². The number of benzene rings is 1. The number of hydrogen-bond donors (Lipinski definition) is 2. The fraction of sp³-hybridized carbons (Fsp3) is 0.391. The number of H-pyrrole nitrogens is 1. The number of carbonyl (C=O) groups excluding carboxylic acids is 1. The van der Waals surface area contributed by atoms with Crippen molar-refractivity contribution in [3.8, 4) is 11.6 Å². The number of ether oxygens (including phenoxy) is 2. The second-order valence-electron chi connectivity index (χ2n) is 7.63. The maximum atomic E-state index is 12.8. The highest BCUT2D eigenvalue weighted by Crippen LogP contribution is 2.40. The number of aromatic hydroxyl groups is 1. The third-order valence-electron chi connectivity index (χ3n) is 5.80. The number of carbonyl (C=O) groups is 1. The molecule has 176 valence electrons. The Balaban J connectivity index is 2.32. The van der Waals surface area contributed by atoms with Crippen LogP contribution in [0.3, 0.4) is 0 Å². The molecule has 0 bridgehead atoms. The minimum Gasteiger partial charge on any atom is -0.494 e. The van der Waals surface area contributed by atoms with Crippen molar-refractivity contribution in [3.05, 3.63) is 44.1 Å². The third kappa shape index (κ3) is 4.18. The zero-order valence-electron chi connectivity index (χ0n) is 19.6. The molecule has 0 aliphatic carbocycles. The second kappa shape index (κ2) is 9.62. The number of aromatic amines is 1. The second-order valence-corrected chi connectivity index (χ2v) is 8.02. The molecule has 3 rings (SSSR count). The van der Waals surface area contributed by atoms with Crippen molar-refractivity contribution in [3.63, 3.8) is 0 Å². The molecule has 0 amide bonds.